The van der Waals surface area contributed by atoms with Crippen molar-refractivity contribution in [2.75, 3.05) is 39.3 Å². The highest BCUT2D eigenvalue weighted by Crippen LogP contribution is 2.18. The number of hydrogen-bond donors (Lipinski definition) is 2. The van der Waals surface area contributed by atoms with Crippen molar-refractivity contribution in [2.24, 2.45) is 0 Å². The molecule has 2 N–H and O–H groups in total. The van der Waals surface area contributed by atoms with E-state index >= 15 is 0 Å². The molecule has 8 heteroatoms. The molecule has 0 spiro atoms. The number of carbonyl (C=O) groups is 2. The van der Waals surface area contributed by atoms with Gasteiger partial charge in [0.15, 0.2) is 0 Å². The Morgan fingerprint density at radius 2 is 1.75 bits per heavy atom. The number of nitrogens with zero attached hydrogens (tertiary/aromatic N) is 4. The van der Waals surface area contributed by atoms with Crippen molar-refractivity contribution < 1.29 is 9.59 Å². The van der Waals surface area contributed by atoms with E-state index in [9.17, 15) is 9.59 Å². The molecule has 28 heavy (non-hydrogen) atoms. The Labute approximate surface area is 166 Å². The van der Waals surface area contributed by atoms with Crippen LogP contribution in [0.15, 0.2) is 12.3 Å². The van der Waals surface area contributed by atoms with Crippen LogP contribution in [0, 0.1) is 0 Å². The first kappa shape index (κ1) is 19.2. The number of nitrogens with one attached hydrogen (secondary N) is 2. The third-order valence-corrected chi connectivity index (χ3v) is 6.26. The molecule has 154 valence electrons. The molecule has 8 nitrogen and oxygen atoms in total. The predicted molar refractivity (Wildman–Crippen MR) is 106 cm³/mol. The van der Waals surface area contributed by atoms with Gasteiger partial charge in [-0.05, 0) is 38.3 Å². The molecule has 1 saturated carbocycles. The van der Waals surface area contributed by atoms with E-state index in [0.29, 0.717) is 44.0 Å². The molecule has 0 bridgehead atoms. The zero-order chi connectivity index (χ0) is 19.3. The smallest absolute Gasteiger partial charge is 0.317 e. The van der Waals surface area contributed by atoms with E-state index in [0.717, 1.165) is 38.8 Å². The van der Waals surface area contributed by atoms with Gasteiger partial charge in [-0.25, -0.2) is 4.79 Å². The SMILES string of the molecule is O=C(NC1CCCCC1)N1CCN(C(=O)c2ccn(C3CCCNC3)n2)CC1. The standard InChI is InChI=1S/C20H32N6O2/c27-19(18-8-10-26(23-18)17-7-4-9-21-15-17)24-11-13-25(14-12-24)20(28)22-16-5-2-1-3-6-16/h8,10,16-17,21H,1-7,9,11-15H2,(H,22,28). The van der Waals surface area contributed by atoms with Crippen LogP contribution >= 0.6 is 0 Å². The molecule has 1 atom stereocenters. The molecular weight excluding hydrogens is 356 g/mol. The second-order valence-corrected chi connectivity index (χ2v) is 8.24. The third kappa shape index (κ3) is 4.48. The number of piperazine rings is 1. The van der Waals surface area contributed by atoms with Crippen molar-refractivity contribution in [3.63, 3.8) is 0 Å². The summed E-state index contributed by atoms with van der Waals surface area (Å²) in [4.78, 5) is 28.9. The first-order chi connectivity index (χ1) is 13.7. The van der Waals surface area contributed by atoms with Gasteiger partial charge in [-0.2, -0.15) is 5.10 Å². The number of amides is 3. The highest BCUT2D eigenvalue weighted by molar-refractivity contribution is 5.92. The number of piperidine rings is 1. The van der Waals surface area contributed by atoms with Crippen molar-refractivity contribution in [1.29, 1.82) is 0 Å². The van der Waals surface area contributed by atoms with E-state index in [1.54, 1.807) is 0 Å². The van der Waals surface area contributed by atoms with Gasteiger partial charge in [0.25, 0.3) is 5.91 Å². The lowest BCUT2D eigenvalue weighted by Gasteiger charge is -2.35. The van der Waals surface area contributed by atoms with E-state index < -0.39 is 0 Å². The summed E-state index contributed by atoms with van der Waals surface area (Å²) in [5.41, 5.74) is 0.505. The summed E-state index contributed by atoms with van der Waals surface area (Å²) in [6, 6.07) is 2.49. The zero-order valence-corrected chi connectivity index (χ0v) is 16.6. The van der Waals surface area contributed by atoms with Crippen molar-refractivity contribution >= 4 is 11.9 Å². The van der Waals surface area contributed by atoms with Crippen LogP contribution in [0.3, 0.4) is 0 Å². The number of aromatic nitrogens is 2. The Morgan fingerprint density at radius 1 is 1.00 bits per heavy atom. The van der Waals surface area contributed by atoms with Gasteiger partial charge in [-0.1, -0.05) is 19.3 Å². The topological polar surface area (TPSA) is 82.5 Å². The van der Waals surface area contributed by atoms with Gasteiger partial charge >= 0.3 is 6.03 Å². The monoisotopic (exact) mass is 388 g/mol. The molecule has 2 saturated heterocycles. The lowest BCUT2D eigenvalue weighted by Crippen LogP contribution is -2.54. The largest absolute Gasteiger partial charge is 0.335 e. The van der Waals surface area contributed by atoms with Gasteiger partial charge in [0.05, 0.1) is 6.04 Å². The van der Waals surface area contributed by atoms with Gasteiger partial charge in [0.1, 0.15) is 5.69 Å². The second-order valence-electron chi connectivity index (χ2n) is 8.24. The van der Waals surface area contributed by atoms with Crippen LogP contribution in [0.1, 0.15) is 61.5 Å². The van der Waals surface area contributed by atoms with Crippen LogP contribution in [0.4, 0.5) is 4.79 Å². The number of carbonyl (C=O) groups excluding carboxylic acids is 2. The van der Waals surface area contributed by atoms with Gasteiger partial charge in [-0.15, -0.1) is 0 Å². The van der Waals surface area contributed by atoms with E-state index in [1.807, 2.05) is 26.7 Å². The maximum absolute atomic E-state index is 12.8. The van der Waals surface area contributed by atoms with Crippen LogP contribution in [0.2, 0.25) is 0 Å². The number of hydrogen-bond acceptors (Lipinski definition) is 4. The van der Waals surface area contributed by atoms with Crippen molar-refractivity contribution in [3.8, 4) is 0 Å². The molecule has 1 aliphatic carbocycles. The average molecular weight is 389 g/mol. The van der Waals surface area contributed by atoms with E-state index in [2.05, 4.69) is 15.7 Å². The molecule has 3 fully saturated rings. The molecule has 3 amide bonds. The normalized spacial score (nSPS) is 24.2. The first-order valence-electron chi connectivity index (χ1n) is 10.8. The number of urea groups is 1. The second kappa shape index (κ2) is 8.94. The summed E-state index contributed by atoms with van der Waals surface area (Å²) in [7, 11) is 0. The maximum Gasteiger partial charge on any atom is 0.317 e. The van der Waals surface area contributed by atoms with E-state index in [4.69, 9.17) is 0 Å². The molecule has 1 aromatic heterocycles. The minimum absolute atomic E-state index is 0.0214. The minimum Gasteiger partial charge on any atom is -0.335 e. The van der Waals surface area contributed by atoms with Gasteiger partial charge < -0.3 is 20.4 Å². The Kier molecular flexibility index (Phi) is 6.14. The summed E-state index contributed by atoms with van der Waals surface area (Å²) in [6.07, 6.45) is 10.0. The summed E-state index contributed by atoms with van der Waals surface area (Å²) < 4.78 is 1.92. The highest BCUT2D eigenvalue weighted by Gasteiger charge is 2.28. The van der Waals surface area contributed by atoms with E-state index in [-0.39, 0.29) is 11.9 Å². The fourth-order valence-electron chi connectivity index (χ4n) is 4.50. The summed E-state index contributed by atoms with van der Waals surface area (Å²) >= 11 is 0. The highest BCUT2D eigenvalue weighted by atomic mass is 16.2. The summed E-state index contributed by atoms with van der Waals surface area (Å²) in [6.45, 7) is 4.25. The Balaban J connectivity index is 1.26. The Bertz CT molecular complexity index is 670. The molecule has 4 rings (SSSR count). The summed E-state index contributed by atoms with van der Waals surface area (Å²) in [5, 5.41) is 11.1. The molecular formula is C20H32N6O2. The van der Waals surface area contributed by atoms with Crippen LogP contribution < -0.4 is 10.6 Å². The molecule has 2 aliphatic heterocycles. The molecule has 1 aromatic rings. The molecule has 1 unspecified atom stereocenters. The maximum atomic E-state index is 12.8. The number of rotatable bonds is 3. The lowest BCUT2D eigenvalue weighted by molar-refractivity contribution is 0.0655. The molecule has 3 aliphatic rings. The van der Waals surface area contributed by atoms with Crippen LogP contribution in [-0.2, 0) is 0 Å². The van der Waals surface area contributed by atoms with Gasteiger partial charge in [0.2, 0.25) is 0 Å². The Morgan fingerprint density at radius 3 is 2.46 bits per heavy atom. The average Bonchev–Trinajstić information content (AvgIpc) is 3.25. The molecule has 3 heterocycles. The van der Waals surface area contributed by atoms with Gasteiger partial charge in [0, 0.05) is 45.0 Å². The first-order valence-corrected chi connectivity index (χ1v) is 10.8. The fourth-order valence-corrected chi connectivity index (χ4v) is 4.50. The minimum atomic E-state index is -0.0325. The van der Waals surface area contributed by atoms with Crippen LogP contribution in [-0.4, -0.2) is 76.8 Å². The Hall–Kier alpha value is -2.09. The van der Waals surface area contributed by atoms with Crippen molar-refractivity contribution in [2.45, 2.75) is 57.0 Å². The van der Waals surface area contributed by atoms with Crippen LogP contribution in [0.25, 0.3) is 0 Å². The summed E-state index contributed by atoms with van der Waals surface area (Å²) in [5.74, 6) is -0.0325. The van der Waals surface area contributed by atoms with Crippen LogP contribution in [0.5, 0.6) is 0 Å². The molecule has 0 aromatic carbocycles. The lowest BCUT2D eigenvalue weighted by atomic mass is 9.96. The van der Waals surface area contributed by atoms with E-state index in [1.165, 1.54) is 19.3 Å². The zero-order valence-electron chi connectivity index (χ0n) is 16.6. The van der Waals surface area contributed by atoms with Crippen molar-refractivity contribution in [3.05, 3.63) is 18.0 Å². The molecule has 0 radical (unpaired) electrons. The third-order valence-electron chi connectivity index (χ3n) is 6.26. The van der Waals surface area contributed by atoms with Crippen molar-refractivity contribution in [1.82, 2.24) is 30.2 Å². The quantitative estimate of drug-likeness (QED) is 0.824. The predicted octanol–water partition coefficient (Wildman–Crippen LogP) is 1.61. The fraction of sp³-hybridized carbons (Fsp3) is 0.750. The van der Waals surface area contributed by atoms with Gasteiger partial charge in [-0.3, -0.25) is 9.48 Å².